The average Bonchev–Trinajstić information content (AvgIpc) is 2.84. The monoisotopic (exact) mass is 457 g/mol. The Hall–Kier alpha value is -3.39. The highest BCUT2D eigenvalue weighted by molar-refractivity contribution is 5.83. The first kappa shape index (κ1) is 24.3. The first-order valence-corrected chi connectivity index (χ1v) is 10.5. The molecular weight excluding hydrogens is 431 g/mol. The number of pyridine rings is 1. The topological polar surface area (TPSA) is 63.2 Å². The van der Waals surface area contributed by atoms with E-state index in [4.69, 9.17) is 4.74 Å². The number of carbonyl (C=O) groups excluding carboxylic acids is 1. The molecule has 3 aromatic rings. The van der Waals surface area contributed by atoms with Crippen LogP contribution in [0.4, 0.5) is 13.2 Å². The maximum absolute atomic E-state index is 12.9. The number of halogens is 3. The molecule has 2 N–H and O–H groups in total. The summed E-state index contributed by atoms with van der Waals surface area (Å²) in [5, 5.41) is 6.10. The van der Waals surface area contributed by atoms with Gasteiger partial charge >= 0.3 is 6.18 Å². The van der Waals surface area contributed by atoms with E-state index in [1.165, 1.54) is 19.2 Å². The molecule has 1 heterocycles. The fourth-order valence-corrected chi connectivity index (χ4v) is 3.55. The second kappa shape index (κ2) is 11.0. The molecule has 0 unspecified atom stereocenters. The van der Waals surface area contributed by atoms with Gasteiger partial charge in [-0.3, -0.25) is 10.1 Å². The molecule has 0 aliphatic carbocycles. The third-order valence-electron chi connectivity index (χ3n) is 5.38. The summed E-state index contributed by atoms with van der Waals surface area (Å²) in [4.78, 5) is 16.9. The number of likely N-dealkylation sites (N-methyl/N-ethyl adjacent to an activating group) is 1. The molecule has 8 heteroatoms. The predicted octanol–water partition coefficient (Wildman–Crippen LogP) is 4.86. The van der Waals surface area contributed by atoms with Gasteiger partial charge in [-0.15, -0.1) is 0 Å². The Labute approximate surface area is 191 Å². The predicted molar refractivity (Wildman–Crippen MR) is 120 cm³/mol. The molecule has 174 valence electrons. The van der Waals surface area contributed by atoms with E-state index >= 15 is 0 Å². The van der Waals surface area contributed by atoms with Gasteiger partial charge in [0.05, 0.1) is 12.7 Å². The molecule has 0 spiro atoms. The number of ether oxygens (including phenoxy) is 1. The van der Waals surface area contributed by atoms with Gasteiger partial charge in [0.15, 0.2) is 0 Å². The normalized spacial score (nSPS) is 13.2. The number of amides is 1. The van der Waals surface area contributed by atoms with Crippen LogP contribution in [0.25, 0.3) is 0 Å². The Kier molecular flexibility index (Phi) is 8.06. The summed E-state index contributed by atoms with van der Waals surface area (Å²) >= 11 is 0. The number of carbonyl (C=O) groups is 1. The molecule has 0 aliphatic rings. The largest absolute Gasteiger partial charge is 0.481 e. The van der Waals surface area contributed by atoms with Gasteiger partial charge in [0, 0.05) is 25.4 Å². The number of aryl methyl sites for hydroxylation is 1. The Morgan fingerprint density at radius 3 is 2.24 bits per heavy atom. The van der Waals surface area contributed by atoms with Crippen LogP contribution < -0.4 is 15.4 Å². The van der Waals surface area contributed by atoms with Crippen LogP contribution in [0.2, 0.25) is 0 Å². The van der Waals surface area contributed by atoms with E-state index in [1.54, 1.807) is 19.3 Å². The van der Waals surface area contributed by atoms with E-state index in [-0.39, 0.29) is 11.9 Å². The van der Waals surface area contributed by atoms with Gasteiger partial charge in [-0.25, -0.2) is 4.98 Å². The summed E-state index contributed by atoms with van der Waals surface area (Å²) in [7, 11) is 3.10. The average molecular weight is 457 g/mol. The molecule has 33 heavy (non-hydrogen) atoms. The molecule has 2 aromatic carbocycles. The highest BCUT2D eigenvalue weighted by Crippen LogP contribution is 2.30. The number of hydrogen-bond acceptors (Lipinski definition) is 4. The van der Waals surface area contributed by atoms with Crippen LogP contribution in [0.5, 0.6) is 5.88 Å². The molecular formula is C25H26F3N3O2. The lowest BCUT2D eigenvalue weighted by Crippen LogP contribution is -2.38. The van der Waals surface area contributed by atoms with Crippen molar-refractivity contribution in [2.45, 2.75) is 31.1 Å². The first-order chi connectivity index (χ1) is 15.8. The van der Waals surface area contributed by atoms with Crippen LogP contribution in [0.3, 0.4) is 0 Å². The second-order valence-electron chi connectivity index (χ2n) is 7.54. The molecule has 1 aromatic heterocycles. The van der Waals surface area contributed by atoms with Crippen LogP contribution in [-0.4, -0.2) is 25.0 Å². The van der Waals surface area contributed by atoms with Crippen molar-refractivity contribution in [1.29, 1.82) is 0 Å². The highest BCUT2D eigenvalue weighted by Gasteiger charge is 2.30. The van der Waals surface area contributed by atoms with Crippen molar-refractivity contribution in [3.8, 4) is 5.88 Å². The number of benzene rings is 2. The zero-order valence-electron chi connectivity index (χ0n) is 18.4. The molecule has 0 radical (unpaired) electrons. The lowest BCUT2D eigenvalue weighted by Gasteiger charge is -2.26. The SMILES string of the molecule is CNC(=O)[C@@H](N[C@H](CCc1ccc(C(F)(F)F)cc1)c1ccc(OC)nc1)c1ccccc1. The number of nitrogens with one attached hydrogen (secondary N) is 2. The lowest BCUT2D eigenvalue weighted by atomic mass is 9.97. The van der Waals surface area contributed by atoms with Crippen molar-refractivity contribution < 1.29 is 22.7 Å². The quantitative estimate of drug-likeness (QED) is 0.482. The van der Waals surface area contributed by atoms with Crippen molar-refractivity contribution in [3.63, 3.8) is 0 Å². The van der Waals surface area contributed by atoms with E-state index in [2.05, 4.69) is 15.6 Å². The van der Waals surface area contributed by atoms with Crippen LogP contribution >= 0.6 is 0 Å². The Morgan fingerprint density at radius 1 is 1.00 bits per heavy atom. The maximum atomic E-state index is 12.9. The lowest BCUT2D eigenvalue weighted by molar-refractivity contribution is -0.137. The van der Waals surface area contributed by atoms with Crippen molar-refractivity contribution in [3.05, 3.63) is 95.2 Å². The van der Waals surface area contributed by atoms with Gasteiger partial charge in [-0.2, -0.15) is 13.2 Å². The van der Waals surface area contributed by atoms with Gasteiger partial charge in [0.2, 0.25) is 11.8 Å². The van der Waals surface area contributed by atoms with Crippen molar-refractivity contribution in [2.24, 2.45) is 0 Å². The highest BCUT2D eigenvalue weighted by atomic mass is 19.4. The summed E-state index contributed by atoms with van der Waals surface area (Å²) in [6, 6.07) is 17.2. The number of alkyl halides is 3. The number of methoxy groups -OCH3 is 1. The number of aromatic nitrogens is 1. The summed E-state index contributed by atoms with van der Waals surface area (Å²) in [5.41, 5.74) is 1.74. The van der Waals surface area contributed by atoms with Crippen LogP contribution in [0, 0.1) is 0 Å². The van der Waals surface area contributed by atoms with Crippen molar-refractivity contribution in [2.75, 3.05) is 14.2 Å². The molecule has 2 atom stereocenters. The zero-order valence-corrected chi connectivity index (χ0v) is 18.4. The van der Waals surface area contributed by atoms with E-state index in [9.17, 15) is 18.0 Å². The third kappa shape index (κ3) is 6.55. The molecule has 1 amide bonds. The number of nitrogens with zero attached hydrogens (tertiary/aromatic N) is 1. The number of hydrogen-bond donors (Lipinski definition) is 2. The van der Waals surface area contributed by atoms with Gasteiger partial charge < -0.3 is 10.1 Å². The van der Waals surface area contributed by atoms with E-state index in [0.29, 0.717) is 18.7 Å². The minimum Gasteiger partial charge on any atom is -0.481 e. The standard InChI is InChI=1S/C25H26F3N3O2/c1-29-24(32)23(18-6-4-3-5-7-18)31-21(19-11-15-22(33-2)30-16-19)14-10-17-8-12-20(13-9-17)25(26,27)28/h3-9,11-13,15-16,21,23,31H,10,14H2,1-2H3,(H,29,32)/t21-,23+/m1/s1. The zero-order chi connectivity index (χ0) is 23.8. The van der Waals surface area contributed by atoms with Crippen molar-refractivity contribution >= 4 is 5.91 Å². The molecule has 0 saturated carbocycles. The fraction of sp³-hybridized carbons (Fsp3) is 0.280. The fourth-order valence-electron chi connectivity index (χ4n) is 3.55. The molecule has 0 bridgehead atoms. The minimum atomic E-state index is -4.37. The summed E-state index contributed by atoms with van der Waals surface area (Å²) in [6.45, 7) is 0. The minimum absolute atomic E-state index is 0.192. The Morgan fingerprint density at radius 2 is 1.70 bits per heavy atom. The molecule has 0 aliphatic heterocycles. The van der Waals surface area contributed by atoms with Gasteiger partial charge in [-0.1, -0.05) is 48.5 Å². The molecule has 0 saturated heterocycles. The Bertz CT molecular complexity index is 1020. The van der Waals surface area contributed by atoms with Gasteiger partial charge in [-0.05, 0) is 41.7 Å². The van der Waals surface area contributed by atoms with Crippen LogP contribution in [-0.2, 0) is 17.4 Å². The third-order valence-corrected chi connectivity index (χ3v) is 5.38. The second-order valence-corrected chi connectivity index (χ2v) is 7.54. The summed E-state index contributed by atoms with van der Waals surface area (Å²) in [6.07, 6.45) is -1.64. The number of rotatable bonds is 9. The summed E-state index contributed by atoms with van der Waals surface area (Å²) < 4.78 is 43.7. The van der Waals surface area contributed by atoms with Gasteiger partial charge in [0.25, 0.3) is 0 Å². The van der Waals surface area contributed by atoms with Crippen LogP contribution in [0.1, 0.15) is 40.8 Å². The smallest absolute Gasteiger partial charge is 0.416 e. The van der Waals surface area contributed by atoms with Crippen molar-refractivity contribution in [1.82, 2.24) is 15.6 Å². The Balaban J connectivity index is 1.84. The van der Waals surface area contributed by atoms with E-state index < -0.39 is 17.8 Å². The molecule has 3 rings (SSSR count). The molecule has 0 fully saturated rings. The van der Waals surface area contributed by atoms with E-state index in [1.807, 2.05) is 36.4 Å². The maximum Gasteiger partial charge on any atom is 0.416 e. The van der Waals surface area contributed by atoms with E-state index in [0.717, 1.165) is 28.8 Å². The van der Waals surface area contributed by atoms with Crippen LogP contribution in [0.15, 0.2) is 72.9 Å². The summed E-state index contributed by atoms with van der Waals surface area (Å²) in [5.74, 6) is 0.272. The first-order valence-electron chi connectivity index (χ1n) is 10.5. The molecule has 5 nitrogen and oxygen atoms in total. The van der Waals surface area contributed by atoms with Gasteiger partial charge in [0.1, 0.15) is 6.04 Å².